The number of nitrogens with one attached hydrogen (secondary N) is 1. The van der Waals surface area contributed by atoms with Crippen molar-refractivity contribution in [1.29, 1.82) is 0 Å². The number of carboxylic acid groups (broad SMARTS) is 1. The number of hydrogen-bond donors (Lipinski definition) is 2. The average Bonchev–Trinajstić information content (AvgIpc) is 2.93. The first-order valence-electron chi connectivity index (χ1n) is 7.03. The molecular formula is C16H20N2O3. The molecule has 0 saturated carbocycles. The maximum atomic E-state index is 11.9. The molecule has 1 aliphatic heterocycles. The van der Waals surface area contributed by atoms with Gasteiger partial charge in [-0.15, -0.1) is 0 Å². The van der Waals surface area contributed by atoms with Crippen LogP contribution in [0.15, 0.2) is 24.3 Å². The number of hydrogen-bond acceptors (Lipinski definition) is 3. The van der Waals surface area contributed by atoms with E-state index in [0.717, 1.165) is 42.3 Å². The van der Waals surface area contributed by atoms with Gasteiger partial charge in [0.2, 0.25) is 5.91 Å². The number of carboxylic acids is 1. The number of benzene rings is 1. The lowest BCUT2D eigenvalue weighted by Gasteiger charge is -2.27. The minimum absolute atomic E-state index is 0.0433. The second-order valence-electron chi connectivity index (χ2n) is 5.18. The van der Waals surface area contributed by atoms with Crippen molar-refractivity contribution in [2.45, 2.75) is 25.8 Å². The minimum atomic E-state index is -0.962. The highest BCUT2D eigenvalue weighted by atomic mass is 16.4. The zero-order chi connectivity index (χ0) is 15.4. The highest BCUT2D eigenvalue weighted by molar-refractivity contribution is 5.87. The Hall–Kier alpha value is -2.30. The van der Waals surface area contributed by atoms with Crippen LogP contribution in [0.4, 0.5) is 5.69 Å². The zero-order valence-electron chi connectivity index (χ0n) is 12.3. The molecule has 1 aromatic carbocycles. The smallest absolute Gasteiger partial charge is 0.328 e. The van der Waals surface area contributed by atoms with Crippen LogP contribution in [-0.2, 0) is 9.59 Å². The molecule has 0 bridgehead atoms. The van der Waals surface area contributed by atoms with E-state index in [2.05, 4.69) is 10.2 Å². The summed E-state index contributed by atoms with van der Waals surface area (Å²) >= 11 is 0. The number of anilines is 1. The molecule has 1 aliphatic rings. The summed E-state index contributed by atoms with van der Waals surface area (Å²) in [6, 6.07) is 5.65. The second kappa shape index (κ2) is 6.43. The summed E-state index contributed by atoms with van der Waals surface area (Å²) in [5.74, 6) is -0.919. The number of aliphatic carboxylic acids is 1. The van der Waals surface area contributed by atoms with E-state index in [1.165, 1.54) is 0 Å². The topological polar surface area (TPSA) is 69.6 Å². The predicted molar refractivity (Wildman–Crippen MR) is 82.3 cm³/mol. The van der Waals surface area contributed by atoms with Crippen molar-refractivity contribution < 1.29 is 14.7 Å². The number of carbonyl (C=O) groups excluding carboxylic acids is 1. The molecule has 1 amide bonds. The fourth-order valence-electron chi connectivity index (χ4n) is 2.77. The second-order valence-corrected chi connectivity index (χ2v) is 5.18. The van der Waals surface area contributed by atoms with E-state index in [4.69, 9.17) is 5.11 Å². The summed E-state index contributed by atoms with van der Waals surface area (Å²) in [6.07, 6.45) is 4.55. The fraction of sp³-hybridized carbons (Fsp3) is 0.375. The Morgan fingerprint density at radius 2 is 2.19 bits per heavy atom. The van der Waals surface area contributed by atoms with Crippen LogP contribution in [0.25, 0.3) is 6.08 Å². The van der Waals surface area contributed by atoms with Crippen molar-refractivity contribution in [2.75, 3.05) is 18.5 Å². The van der Waals surface area contributed by atoms with Gasteiger partial charge in [0.05, 0.1) is 0 Å². The van der Waals surface area contributed by atoms with E-state index in [-0.39, 0.29) is 11.9 Å². The monoisotopic (exact) mass is 288 g/mol. The van der Waals surface area contributed by atoms with Crippen LogP contribution in [0.1, 0.15) is 24.0 Å². The first-order chi connectivity index (χ1) is 10.0. The molecule has 1 atom stereocenters. The molecule has 112 valence electrons. The Labute approximate surface area is 124 Å². The van der Waals surface area contributed by atoms with Crippen LogP contribution in [0.5, 0.6) is 0 Å². The highest BCUT2D eigenvalue weighted by Gasteiger charge is 2.30. The van der Waals surface area contributed by atoms with Gasteiger partial charge in [0.1, 0.15) is 6.04 Å². The number of nitrogens with zero attached hydrogens (tertiary/aromatic N) is 1. The van der Waals surface area contributed by atoms with E-state index in [9.17, 15) is 9.59 Å². The Kier molecular flexibility index (Phi) is 4.62. The van der Waals surface area contributed by atoms with Crippen molar-refractivity contribution in [3.63, 3.8) is 0 Å². The summed E-state index contributed by atoms with van der Waals surface area (Å²) in [4.78, 5) is 24.6. The summed E-state index contributed by atoms with van der Waals surface area (Å²) in [7, 11) is 1.66. The summed E-state index contributed by atoms with van der Waals surface area (Å²) in [6.45, 7) is 2.84. The molecule has 0 radical (unpaired) electrons. The lowest BCUT2D eigenvalue weighted by Crippen LogP contribution is -2.42. The molecule has 2 rings (SSSR count). The van der Waals surface area contributed by atoms with Gasteiger partial charge in [-0.25, -0.2) is 4.79 Å². The van der Waals surface area contributed by atoms with E-state index in [0.29, 0.717) is 0 Å². The molecule has 2 N–H and O–H groups in total. The molecule has 1 aromatic rings. The van der Waals surface area contributed by atoms with Gasteiger partial charge >= 0.3 is 5.97 Å². The Morgan fingerprint density at radius 3 is 2.81 bits per heavy atom. The molecule has 21 heavy (non-hydrogen) atoms. The van der Waals surface area contributed by atoms with Crippen molar-refractivity contribution in [1.82, 2.24) is 5.32 Å². The van der Waals surface area contributed by atoms with Crippen molar-refractivity contribution in [3.8, 4) is 0 Å². The van der Waals surface area contributed by atoms with Crippen LogP contribution in [-0.4, -0.2) is 36.6 Å². The first kappa shape index (κ1) is 15.1. The summed E-state index contributed by atoms with van der Waals surface area (Å²) in [5.41, 5.74) is 2.92. The first-order valence-corrected chi connectivity index (χ1v) is 7.03. The van der Waals surface area contributed by atoms with Crippen molar-refractivity contribution in [3.05, 3.63) is 35.4 Å². The Balaban J connectivity index is 2.24. The fourth-order valence-corrected chi connectivity index (χ4v) is 2.77. The third-order valence-electron chi connectivity index (χ3n) is 3.75. The van der Waals surface area contributed by atoms with E-state index in [1.807, 2.05) is 25.1 Å². The predicted octanol–water partition coefficient (Wildman–Crippen LogP) is 1.81. The van der Waals surface area contributed by atoms with Crippen molar-refractivity contribution >= 4 is 23.6 Å². The van der Waals surface area contributed by atoms with Gasteiger partial charge in [0, 0.05) is 25.4 Å². The molecule has 1 saturated heterocycles. The minimum Gasteiger partial charge on any atom is -0.478 e. The quantitative estimate of drug-likeness (QED) is 0.829. The van der Waals surface area contributed by atoms with Gasteiger partial charge < -0.3 is 15.3 Å². The number of aryl methyl sites for hydroxylation is 1. The van der Waals surface area contributed by atoms with Gasteiger partial charge in [-0.05, 0) is 49.1 Å². The molecule has 1 fully saturated rings. The number of amides is 1. The SMILES string of the molecule is CNC(=O)C1CCCN1c1ccc(C=CC(=O)O)cc1C. The molecule has 0 spiro atoms. The highest BCUT2D eigenvalue weighted by Crippen LogP contribution is 2.29. The molecule has 1 unspecified atom stereocenters. The molecule has 1 heterocycles. The maximum absolute atomic E-state index is 11.9. The maximum Gasteiger partial charge on any atom is 0.328 e. The van der Waals surface area contributed by atoms with Gasteiger partial charge in [-0.2, -0.15) is 0 Å². The molecule has 0 aliphatic carbocycles. The number of likely N-dealkylation sites (N-methyl/N-ethyl adjacent to an activating group) is 1. The van der Waals surface area contributed by atoms with E-state index in [1.54, 1.807) is 13.1 Å². The Bertz CT molecular complexity index is 581. The largest absolute Gasteiger partial charge is 0.478 e. The number of carbonyl (C=O) groups is 2. The third-order valence-corrected chi connectivity index (χ3v) is 3.75. The van der Waals surface area contributed by atoms with E-state index < -0.39 is 5.97 Å². The summed E-state index contributed by atoms with van der Waals surface area (Å²) < 4.78 is 0. The van der Waals surface area contributed by atoms with Crippen LogP contribution >= 0.6 is 0 Å². The average molecular weight is 288 g/mol. The zero-order valence-corrected chi connectivity index (χ0v) is 12.3. The molecular weight excluding hydrogens is 268 g/mol. The van der Waals surface area contributed by atoms with Gasteiger partial charge in [-0.3, -0.25) is 4.79 Å². The van der Waals surface area contributed by atoms with Gasteiger partial charge in [0.15, 0.2) is 0 Å². The van der Waals surface area contributed by atoms with E-state index >= 15 is 0 Å². The lowest BCUT2D eigenvalue weighted by atomic mass is 10.1. The number of rotatable bonds is 4. The van der Waals surface area contributed by atoms with Crippen molar-refractivity contribution in [2.24, 2.45) is 0 Å². The van der Waals surface area contributed by atoms with Crippen LogP contribution in [0.3, 0.4) is 0 Å². The third kappa shape index (κ3) is 3.42. The normalized spacial score (nSPS) is 18.2. The summed E-state index contributed by atoms with van der Waals surface area (Å²) in [5, 5.41) is 11.4. The molecule has 0 aromatic heterocycles. The van der Waals surface area contributed by atoms with Crippen LogP contribution in [0.2, 0.25) is 0 Å². The lowest BCUT2D eigenvalue weighted by molar-refractivity contribution is -0.131. The van der Waals surface area contributed by atoms with Gasteiger partial charge in [-0.1, -0.05) is 6.07 Å². The molecule has 5 heteroatoms. The van der Waals surface area contributed by atoms with Gasteiger partial charge in [0.25, 0.3) is 0 Å². The van der Waals surface area contributed by atoms with Crippen LogP contribution in [0, 0.1) is 6.92 Å². The van der Waals surface area contributed by atoms with Crippen LogP contribution < -0.4 is 10.2 Å². The standard InChI is InChI=1S/C16H20N2O3/c1-11-10-12(6-8-15(19)20)5-7-13(11)18-9-3-4-14(18)16(21)17-2/h5-8,10,14H,3-4,9H2,1-2H3,(H,17,21)(H,19,20). The Morgan fingerprint density at radius 1 is 1.43 bits per heavy atom. The molecule has 5 nitrogen and oxygen atoms in total.